The van der Waals surface area contributed by atoms with E-state index < -0.39 is 0 Å². The maximum Gasteiger partial charge on any atom is 0.162 e. The number of phenolic OH excluding ortho intramolecular Hbond substituents is 1. The molecule has 1 heterocycles. The zero-order chi connectivity index (χ0) is 22.4. The van der Waals surface area contributed by atoms with Crippen LogP contribution in [0.4, 0.5) is 0 Å². The number of carbonyl (C=O) groups is 1. The van der Waals surface area contributed by atoms with Gasteiger partial charge in [-0.3, -0.25) is 4.79 Å². The fraction of sp³-hybridized carbons (Fsp3) is 0.464. The predicted molar refractivity (Wildman–Crippen MR) is 127 cm³/mol. The second-order valence-corrected chi connectivity index (χ2v) is 11.0. The number of nitrogens with one attached hydrogen (secondary N) is 1. The van der Waals surface area contributed by atoms with Crippen LogP contribution in [0.25, 0.3) is 0 Å². The first-order chi connectivity index (χ1) is 14.6. The first kappa shape index (κ1) is 21.7. The van der Waals surface area contributed by atoms with E-state index in [0.29, 0.717) is 12.3 Å². The van der Waals surface area contributed by atoms with Gasteiger partial charge < -0.3 is 10.4 Å². The van der Waals surface area contributed by atoms with Crippen molar-refractivity contribution >= 4 is 5.78 Å². The summed E-state index contributed by atoms with van der Waals surface area (Å²) in [6.07, 6.45) is 12.8. The molecule has 2 N–H and O–H groups in total. The Labute approximate surface area is 186 Å². The molecule has 0 radical (unpaired) electrons. The minimum atomic E-state index is -0.136. The Hall–Kier alpha value is -2.55. The molecule has 2 aliphatic carbocycles. The SMILES string of the molecule is CC1=CCCC(C)(C)C1/C=C/C1=CC(c2cccc(O)c2)C2=C(CC(C)(C)CC2=O)N1. The van der Waals surface area contributed by atoms with Crippen molar-refractivity contribution in [2.75, 3.05) is 0 Å². The molecule has 1 aromatic carbocycles. The lowest BCUT2D eigenvalue weighted by molar-refractivity contribution is -0.118. The number of hydrogen-bond donors (Lipinski definition) is 2. The van der Waals surface area contributed by atoms with Crippen molar-refractivity contribution in [2.24, 2.45) is 16.7 Å². The van der Waals surface area contributed by atoms with E-state index in [1.165, 1.54) is 12.0 Å². The van der Waals surface area contributed by atoms with Crippen LogP contribution in [-0.4, -0.2) is 10.9 Å². The lowest BCUT2D eigenvalue weighted by atomic mass is 9.68. The molecule has 3 nitrogen and oxygen atoms in total. The Balaban J connectivity index is 1.73. The van der Waals surface area contributed by atoms with Crippen molar-refractivity contribution in [2.45, 2.75) is 66.2 Å². The van der Waals surface area contributed by atoms with E-state index in [0.717, 1.165) is 35.4 Å². The number of carbonyl (C=O) groups excluding carboxylic acids is 1. The summed E-state index contributed by atoms with van der Waals surface area (Å²) in [6.45, 7) is 11.2. The topological polar surface area (TPSA) is 49.3 Å². The highest BCUT2D eigenvalue weighted by atomic mass is 16.3. The van der Waals surface area contributed by atoms with Gasteiger partial charge in [-0.1, -0.05) is 57.6 Å². The minimum Gasteiger partial charge on any atom is -0.508 e. The highest BCUT2D eigenvalue weighted by Gasteiger charge is 2.38. The molecule has 2 unspecified atom stereocenters. The van der Waals surface area contributed by atoms with E-state index in [1.54, 1.807) is 12.1 Å². The molecule has 0 aromatic heterocycles. The van der Waals surface area contributed by atoms with Crippen molar-refractivity contribution < 1.29 is 9.90 Å². The fourth-order valence-electron chi connectivity index (χ4n) is 5.55. The maximum absolute atomic E-state index is 13.1. The number of benzene rings is 1. The van der Waals surface area contributed by atoms with Crippen molar-refractivity contribution in [3.8, 4) is 5.75 Å². The molecule has 0 saturated heterocycles. The second-order valence-electron chi connectivity index (χ2n) is 11.0. The zero-order valence-electron chi connectivity index (χ0n) is 19.5. The van der Waals surface area contributed by atoms with Gasteiger partial charge in [-0.25, -0.2) is 0 Å². The Morgan fingerprint density at radius 2 is 1.94 bits per heavy atom. The molecule has 4 rings (SSSR count). The largest absolute Gasteiger partial charge is 0.508 e. The van der Waals surface area contributed by atoms with Crippen LogP contribution in [0.5, 0.6) is 5.75 Å². The monoisotopic (exact) mass is 417 g/mol. The summed E-state index contributed by atoms with van der Waals surface area (Å²) in [4.78, 5) is 13.1. The Kier molecular flexibility index (Phi) is 5.49. The second kappa shape index (κ2) is 7.85. The molecule has 3 heteroatoms. The molecule has 0 saturated carbocycles. The summed E-state index contributed by atoms with van der Waals surface area (Å²) in [5.74, 6) is 0.709. The first-order valence-corrected chi connectivity index (χ1v) is 11.4. The van der Waals surface area contributed by atoms with Crippen LogP contribution < -0.4 is 5.32 Å². The van der Waals surface area contributed by atoms with Gasteiger partial charge in [-0.15, -0.1) is 0 Å². The average Bonchev–Trinajstić information content (AvgIpc) is 2.65. The number of allylic oxidation sites excluding steroid dienone is 7. The van der Waals surface area contributed by atoms with E-state index in [4.69, 9.17) is 0 Å². The first-order valence-electron chi connectivity index (χ1n) is 11.4. The van der Waals surface area contributed by atoms with Gasteiger partial charge in [0.05, 0.1) is 0 Å². The summed E-state index contributed by atoms with van der Waals surface area (Å²) >= 11 is 0. The van der Waals surface area contributed by atoms with Crippen molar-refractivity contribution in [1.29, 1.82) is 0 Å². The third-order valence-electron chi connectivity index (χ3n) is 7.16. The molecule has 0 fully saturated rings. The van der Waals surface area contributed by atoms with Gasteiger partial charge in [0.15, 0.2) is 5.78 Å². The number of hydrogen-bond acceptors (Lipinski definition) is 3. The Morgan fingerprint density at radius 1 is 1.16 bits per heavy atom. The number of Topliss-reactive ketones (excluding diaryl/α,β-unsaturated/α-hetero) is 1. The summed E-state index contributed by atoms with van der Waals surface area (Å²) < 4.78 is 0. The molecule has 2 atom stereocenters. The lowest BCUT2D eigenvalue weighted by Crippen LogP contribution is -2.35. The van der Waals surface area contributed by atoms with Gasteiger partial charge in [0.2, 0.25) is 0 Å². The fourth-order valence-corrected chi connectivity index (χ4v) is 5.55. The zero-order valence-corrected chi connectivity index (χ0v) is 19.5. The normalized spacial score (nSPS) is 27.5. The van der Waals surface area contributed by atoms with Crippen LogP contribution in [0.1, 0.15) is 71.8 Å². The number of ketones is 1. The number of phenols is 1. The molecule has 1 aromatic rings. The van der Waals surface area contributed by atoms with Crippen LogP contribution in [0, 0.1) is 16.7 Å². The van der Waals surface area contributed by atoms with Gasteiger partial charge in [0.1, 0.15) is 5.75 Å². The number of dihydropyridines is 1. The summed E-state index contributed by atoms with van der Waals surface area (Å²) in [7, 11) is 0. The third kappa shape index (κ3) is 4.42. The van der Waals surface area contributed by atoms with E-state index in [9.17, 15) is 9.90 Å². The molecular weight excluding hydrogens is 382 g/mol. The summed E-state index contributed by atoms with van der Waals surface area (Å²) in [6, 6.07) is 7.31. The Bertz CT molecular complexity index is 1020. The van der Waals surface area contributed by atoms with Gasteiger partial charge in [-0.2, -0.15) is 0 Å². The van der Waals surface area contributed by atoms with E-state index in [-0.39, 0.29) is 28.3 Å². The summed E-state index contributed by atoms with van der Waals surface area (Å²) in [5.41, 5.74) is 5.50. The molecule has 1 aliphatic heterocycles. The molecule has 164 valence electrons. The van der Waals surface area contributed by atoms with Gasteiger partial charge in [-0.05, 0) is 66.9 Å². The lowest BCUT2D eigenvalue weighted by Gasteiger charge is -2.38. The molecule has 3 aliphatic rings. The quantitative estimate of drug-likeness (QED) is 0.549. The van der Waals surface area contributed by atoms with Crippen LogP contribution in [-0.2, 0) is 4.79 Å². The van der Waals surface area contributed by atoms with Gasteiger partial charge >= 0.3 is 0 Å². The highest BCUT2D eigenvalue weighted by Crippen LogP contribution is 2.45. The average molecular weight is 418 g/mol. The number of rotatable bonds is 3. The standard InChI is InChI=1S/C28H35NO2/c1-18-8-7-13-28(4,5)23(18)12-11-20-15-22(19-9-6-10-21(30)14-19)26-24(29-20)16-27(2,3)17-25(26)31/h6,8-12,14-15,22-23,29-30H,7,13,16-17H2,1-5H3/b12-11+. The molecule has 0 bridgehead atoms. The van der Waals surface area contributed by atoms with Crippen LogP contribution >= 0.6 is 0 Å². The molecular formula is C28H35NO2. The summed E-state index contributed by atoms with van der Waals surface area (Å²) in [5, 5.41) is 13.6. The Morgan fingerprint density at radius 3 is 2.65 bits per heavy atom. The molecule has 0 spiro atoms. The highest BCUT2D eigenvalue weighted by molar-refractivity contribution is 5.99. The van der Waals surface area contributed by atoms with E-state index in [1.807, 2.05) is 12.1 Å². The van der Waals surface area contributed by atoms with Gasteiger partial charge in [0, 0.05) is 35.2 Å². The van der Waals surface area contributed by atoms with E-state index in [2.05, 4.69) is 64.2 Å². The van der Waals surface area contributed by atoms with Crippen LogP contribution in [0.3, 0.4) is 0 Å². The van der Waals surface area contributed by atoms with E-state index >= 15 is 0 Å². The van der Waals surface area contributed by atoms with Crippen molar-refractivity contribution in [3.63, 3.8) is 0 Å². The third-order valence-corrected chi connectivity index (χ3v) is 7.16. The van der Waals surface area contributed by atoms with Crippen LogP contribution in [0.2, 0.25) is 0 Å². The minimum absolute atomic E-state index is 0.0524. The molecule has 31 heavy (non-hydrogen) atoms. The maximum atomic E-state index is 13.1. The molecule has 0 amide bonds. The number of aromatic hydroxyl groups is 1. The van der Waals surface area contributed by atoms with Crippen molar-refractivity contribution in [3.05, 3.63) is 76.7 Å². The van der Waals surface area contributed by atoms with Crippen molar-refractivity contribution in [1.82, 2.24) is 5.32 Å². The van der Waals surface area contributed by atoms with Crippen LogP contribution in [0.15, 0.2) is 71.1 Å². The smallest absolute Gasteiger partial charge is 0.162 e. The van der Waals surface area contributed by atoms with Gasteiger partial charge in [0.25, 0.3) is 0 Å². The predicted octanol–water partition coefficient (Wildman–Crippen LogP) is 6.54.